The average Bonchev–Trinajstić information content (AvgIpc) is 2.67. The minimum Gasteiger partial charge on any atom is -0.452 e. The molecule has 0 saturated carbocycles. The largest absolute Gasteiger partial charge is 0.452 e. The summed E-state index contributed by atoms with van der Waals surface area (Å²) < 4.78 is 58.7. The number of nitrogens with zero attached hydrogens (tertiary/aromatic N) is 3. The molecular weight excluding hydrogens is 418 g/mol. The Labute approximate surface area is 174 Å². The summed E-state index contributed by atoms with van der Waals surface area (Å²) in [5, 5.41) is 11.4. The average molecular weight is 435 g/mol. The molecule has 2 heterocycles. The number of alkyl halides is 3. The minimum absolute atomic E-state index is 0.0431. The highest BCUT2D eigenvalue weighted by Crippen LogP contribution is 2.41. The molecule has 1 amide bonds. The molecule has 1 aliphatic heterocycles. The number of rotatable bonds is 3. The number of nitriles is 1. The van der Waals surface area contributed by atoms with Crippen LogP contribution in [0.5, 0.6) is 0 Å². The summed E-state index contributed by atoms with van der Waals surface area (Å²) in [5.41, 5.74) is 4.46. The van der Waals surface area contributed by atoms with Gasteiger partial charge in [0.2, 0.25) is 0 Å². The lowest BCUT2D eigenvalue weighted by molar-refractivity contribution is -0.208. The normalized spacial score (nSPS) is 20.9. The third-order valence-electron chi connectivity index (χ3n) is 4.79. The summed E-state index contributed by atoms with van der Waals surface area (Å²) in [5.74, 6) is -1.44. The van der Waals surface area contributed by atoms with Gasteiger partial charge in [0, 0.05) is 23.9 Å². The van der Waals surface area contributed by atoms with Crippen LogP contribution in [0.4, 0.5) is 23.2 Å². The fourth-order valence-electron chi connectivity index (χ4n) is 3.30. The van der Waals surface area contributed by atoms with Crippen LogP contribution < -0.4 is 11.1 Å². The number of nitrogens with two attached hydrogens (primary N) is 1. The zero-order valence-corrected chi connectivity index (χ0v) is 16.4. The molecule has 0 radical (unpaired) electrons. The smallest absolute Gasteiger partial charge is 0.425 e. The highest BCUT2D eigenvalue weighted by Gasteiger charge is 2.50. The molecule has 7 nitrogen and oxygen atoms in total. The number of anilines is 1. The first-order valence-corrected chi connectivity index (χ1v) is 9.00. The third-order valence-corrected chi connectivity index (χ3v) is 4.79. The van der Waals surface area contributed by atoms with Gasteiger partial charge in [-0.1, -0.05) is 0 Å². The van der Waals surface area contributed by atoms with E-state index in [1.807, 2.05) is 6.07 Å². The van der Waals surface area contributed by atoms with Gasteiger partial charge in [-0.25, -0.2) is 14.4 Å². The van der Waals surface area contributed by atoms with Crippen LogP contribution in [0.15, 0.2) is 35.5 Å². The Bertz CT molecular complexity index is 1110. The molecular formula is C20H17F4N5O2. The third kappa shape index (κ3) is 4.58. The van der Waals surface area contributed by atoms with Crippen molar-refractivity contribution in [1.29, 1.82) is 5.26 Å². The molecule has 11 heteroatoms. The molecule has 0 spiro atoms. The number of carbonyl (C=O) groups is 1. The van der Waals surface area contributed by atoms with Crippen molar-refractivity contribution in [2.45, 2.75) is 38.1 Å². The maximum Gasteiger partial charge on any atom is 0.425 e. The van der Waals surface area contributed by atoms with E-state index in [4.69, 9.17) is 11.0 Å². The first-order chi connectivity index (χ1) is 14.4. The van der Waals surface area contributed by atoms with Crippen molar-refractivity contribution in [2.75, 3.05) is 5.32 Å². The monoisotopic (exact) mass is 435 g/mol. The van der Waals surface area contributed by atoms with E-state index in [1.54, 1.807) is 6.92 Å². The molecule has 0 bridgehead atoms. The van der Waals surface area contributed by atoms with Crippen LogP contribution in [0.2, 0.25) is 0 Å². The first kappa shape index (κ1) is 22.0. The molecule has 0 unspecified atom stereocenters. The number of hydrogen-bond donors (Lipinski definition) is 2. The van der Waals surface area contributed by atoms with Crippen molar-refractivity contribution < 1.29 is 27.1 Å². The van der Waals surface area contributed by atoms with E-state index in [0.29, 0.717) is 5.56 Å². The summed E-state index contributed by atoms with van der Waals surface area (Å²) >= 11 is 0. The molecule has 3 N–H and O–H groups in total. The Hall–Kier alpha value is -3.68. The van der Waals surface area contributed by atoms with Gasteiger partial charge in [0.25, 0.3) is 11.9 Å². The number of halogens is 4. The van der Waals surface area contributed by atoms with Crippen molar-refractivity contribution in [3.8, 4) is 6.07 Å². The second kappa shape index (κ2) is 7.86. The van der Waals surface area contributed by atoms with Crippen molar-refractivity contribution in [2.24, 2.45) is 10.7 Å². The summed E-state index contributed by atoms with van der Waals surface area (Å²) in [6.07, 6.45) is -6.43. The molecule has 1 aromatic heterocycles. The molecule has 0 saturated heterocycles. The topological polar surface area (TPSA) is 113 Å². The Balaban J connectivity index is 1.93. The number of hydrogen-bond acceptors (Lipinski definition) is 6. The number of amides is 1. The standard InChI is InChI=1S/C20H17F4N5O2/c1-10-5-11(8-25)9-27-16(10)17(30)28-12-3-4-14(21)13(6-12)19(2)7-15(20(22,23)24)31-18(26)29-19/h3-6,9,15H,7H2,1-2H3,(H2,26,29)(H,28,30)/t15-,19+/m0/s1. The predicted octanol–water partition coefficient (Wildman–Crippen LogP) is 3.53. The van der Waals surface area contributed by atoms with E-state index in [0.717, 1.165) is 6.07 Å². The maximum atomic E-state index is 14.6. The number of pyridine rings is 1. The molecule has 2 aromatic rings. The van der Waals surface area contributed by atoms with Crippen LogP contribution in [0.3, 0.4) is 0 Å². The number of benzene rings is 1. The number of amidine groups is 1. The molecule has 0 fully saturated rings. The van der Waals surface area contributed by atoms with Gasteiger partial charge in [0.15, 0.2) is 6.10 Å². The highest BCUT2D eigenvalue weighted by atomic mass is 19.4. The summed E-state index contributed by atoms with van der Waals surface area (Å²) in [6.45, 7) is 2.90. The minimum atomic E-state index is -4.72. The molecule has 1 aliphatic rings. The van der Waals surface area contributed by atoms with Crippen molar-refractivity contribution in [3.05, 3.63) is 58.7 Å². The molecule has 3 rings (SSSR count). The number of aryl methyl sites for hydroxylation is 1. The van der Waals surface area contributed by atoms with Crippen molar-refractivity contribution >= 4 is 17.6 Å². The first-order valence-electron chi connectivity index (χ1n) is 9.00. The quantitative estimate of drug-likeness (QED) is 0.716. The Morgan fingerprint density at radius 1 is 1.39 bits per heavy atom. The lowest BCUT2D eigenvalue weighted by Gasteiger charge is -2.36. The van der Waals surface area contributed by atoms with E-state index < -0.39 is 42.0 Å². The van der Waals surface area contributed by atoms with E-state index in [-0.39, 0.29) is 22.5 Å². The summed E-state index contributed by atoms with van der Waals surface area (Å²) in [4.78, 5) is 20.4. The van der Waals surface area contributed by atoms with Crippen molar-refractivity contribution in [3.63, 3.8) is 0 Å². The van der Waals surface area contributed by atoms with Crippen LogP contribution in [-0.4, -0.2) is 29.2 Å². The van der Waals surface area contributed by atoms with E-state index in [2.05, 4.69) is 20.0 Å². The SMILES string of the molecule is Cc1cc(C#N)cnc1C(=O)Nc1ccc(F)c([C@@]2(C)C[C@@H](C(F)(F)F)OC(N)=N2)c1. The molecule has 1 aromatic carbocycles. The second-order valence-electron chi connectivity index (χ2n) is 7.23. The lowest BCUT2D eigenvalue weighted by atomic mass is 9.85. The molecule has 2 atom stereocenters. The summed E-state index contributed by atoms with van der Waals surface area (Å²) in [6, 6.07) is 6.15. The molecule has 0 aliphatic carbocycles. The van der Waals surface area contributed by atoms with Gasteiger partial charge in [-0.05, 0) is 43.7 Å². The lowest BCUT2D eigenvalue weighted by Crippen LogP contribution is -2.46. The van der Waals surface area contributed by atoms with Gasteiger partial charge in [-0.3, -0.25) is 4.79 Å². The van der Waals surface area contributed by atoms with Crippen LogP contribution in [0.25, 0.3) is 0 Å². The molecule has 31 heavy (non-hydrogen) atoms. The number of nitrogens with one attached hydrogen (secondary N) is 1. The Morgan fingerprint density at radius 2 is 2.10 bits per heavy atom. The van der Waals surface area contributed by atoms with Gasteiger partial charge >= 0.3 is 6.18 Å². The number of carbonyl (C=O) groups excluding carboxylic acids is 1. The van der Waals surface area contributed by atoms with E-state index in [1.165, 1.54) is 31.3 Å². The predicted molar refractivity (Wildman–Crippen MR) is 103 cm³/mol. The van der Waals surface area contributed by atoms with E-state index >= 15 is 0 Å². The Kier molecular flexibility index (Phi) is 5.59. The van der Waals surface area contributed by atoms with Crippen molar-refractivity contribution in [1.82, 2.24) is 4.98 Å². The molecule has 162 valence electrons. The van der Waals surface area contributed by atoms with Gasteiger partial charge in [0.05, 0.1) is 11.1 Å². The van der Waals surface area contributed by atoms with Gasteiger partial charge in [0.1, 0.15) is 17.6 Å². The fraction of sp³-hybridized carbons (Fsp3) is 0.300. The van der Waals surface area contributed by atoms with Gasteiger partial charge < -0.3 is 15.8 Å². The highest BCUT2D eigenvalue weighted by molar-refractivity contribution is 6.03. The Morgan fingerprint density at radius 3 is 2.71 bits per heavy atom. The summed E-state index contributed by atoms with van der Waals surface area (Å²) in [7, 11) is 0. The maximum absolute atomic E-state index is 14.6. The zero-order chi connectivity index (χ0) is 23.0. The zero-order valence-electron chi connectivity index (χ0n) is 16.4. The second-order valence-corrected chi connectivity index (χ2v) is 7.23. The van der Waals surface area contributed by atoms with Crippen LogP contribution >= 0.6 is 0 Å². The van der Waals surface area contributed by atoms with Gasteiger partial charge in [-0.2, -0.15) is 18.4 Å². The fourth-order valence-corrected chi connectivity index (χ4v) is 3.30. The van der Waals surface area contributed by atoms with Crippen LogP contribution in [-0.2, 0) is 10.3 Å². The van der Waals surface area contributed by atoms with E-state index in [9.17, 15) is 22.4 Å². The van der Waals surface area contributed by atoms with Crippen LogP contribution in [0.1, 0.15) is 40.5 Å². The number of ether oxygens (including phenoxy) is 1. The van der Waals surface area contributed by atoms with Crippen LogP contribution in [0, 0.1) is 24.1 Å². The number of aromatic nitrogens is 1. The van der Waals surface area contributed by atoms with Gasteiger partial charge in [-0.15, -0.1) is 0 Å². The number of aliphatic imine (C=N–C) groups is 1.